The first kappa shape index (κ1) is 9.08. The Morgan fingerprint density at radius 2 is 2.12 bits per heavy atom. The van der Waals surface area contributed by atoms with Gasteiger partial charge in [0, 0.05) is 11.3 Å². The number of benzene rings is 1. The van der Waals surface area contributed by atoms with Crippen molar-refractivity contribution in [1.82, 2.24) is 9.97 Å². The van der Waals surface area contributed by atoms with E-state index >= 15 is 0 Å². The summed E-state index contributed by atoms with van der Waals surface area (Å²) in [5.74, 6) is 1.94. The second-order valence-electron chi connectivity index (χ2n) is 3.66. The summed E-state index contributed by atoms with van der Waals surface area (Å²) in [6.07, 6.45) is 0. The van der Waals surface area contributed by atoms with Crippen molar-refractivity contribution in [3.8, 4) is 22.8 Å². The number of aromatic nitrogens is 2. The van der Waals surface area contributed by atoms with Gasteiger partial charge < -0.3 is 20.2 Å². The van der Waals surface area contributed by atoms with Gasteiger partial charge in [-0.25, -0.2) is 4.98 Å². The van der Waals surface area contributed by atoms with Gasteiger partial charge in [0.15, 0.2) is 17.4 Å². The maximum absolute atomic E-state index is 5.61. The van der Waals surface area contributed by atoms with E-state index in [0.717, 1.165) is 28.5 Å². The molecule has 1 aromatic heterocycles. The molecule has 0 bridgehead atoms. The highest BCUT2D eigenvalue weighted by atomic mass is 16.7. The van der Waals surface area contributed by atoms with Crippen LogP contribution in [0.3, 0.4) is 0 Å². The smallest absolute Gasteiger partial charge is 0.231 e. The third-order valence-corrected chi connectivity index (χ3v) is 2.55. The molecular weight excluding hydrogens is 206 g/mol. The van der Waals surface area contributed by atoms with Crippen LogP contribution >= 0.6 is 0 Å². The minimum Gasteiger partial charge on any atom is -0.454 e. The Kier molecular flexibility index (Phi) is 1.80. The van der Waals surface area contributed by atoms with Gasteiger partial charge in [0.05, 0.1) is 5.69 Å². The molecule has 1 aromatic carbocycles. The van der Waals surface area contributed by atoms with Gasteiger partial charge in [0.2, 0.25) is 6.79 Å². The van der Waals surface area contributed by atoms with Crippen LogP contribution in [0.4, 0.5) is 5.95 Å². The molecule has 0 saturated carbocycles. The second kappa shape index (κ2) is 3.16. The van der Waals surface area contributed by atoms with Gasteiger partial charge in [0.25, 0.3) is 0 Å². The number of anilines is 1. The molecule has 0 amide bonds. The molecule has 5 nitrogen and oxygen atoms in total. The Balaban J connectivity index is 2.10. The highest BCUT2D eigenvalue weighted by molar-refractivity contribution is 5.67. The monoisotopic (exact) mass is 217 g/mol. The summed E-state index contributed by atoms with van der Waals surface area (Å²) in [6, 6.07) is 5.73. The van der Waals surface area contributed by atoms with E-state index in [0.29, 0.717) is 5.95 Å². The number of imidazole rings is 1. The molecule has 0 unspecified atom stereocenters. The average Bonchev–Trinajstić information content (AvgIpc) is 2.83. The molecule has 0 saturated heterocycles. The number of fused-ring (bicyclic) bond motifs is 1. The van der Waals surface area contributed by atoms with E-state index in [4.69, 9.17) is 15.2 Å². The molecule has 0 fully saturated rings. The summed E-state index contributed by atoms with van der Waals surface area (Å²) in [6.45, 7) is 2.21. The van der Waals surface area contributed by atoms with Crippen molar-refractivity contribution in [3.05, 3.63) is 23.9 Å². The number of ether oxygens (including phenoxy) is 2. The number of aromatic amines is 1. The molecule has 1 aliphatic rings. The first-order valence-corrected chi connectivity index (χ1v) is 4.96. The summed E-state index contributed by atoms with van der Waals surface area (Å²) in [5.41, 5.74) is 8.36. The fourth-order valence-corrected chi connectivity index (χ4v) is 1.81. The summed E-state index contributed by atoms with van der Waals surface area (Å²) in [4.78, 5) is 7.20. The van der Waals surface area contributed by atoms with Gasteiger partial charge >= 0.3 is 0 Å². The number of nitrogens with zero attached hydrogens (tertiary/aromatic N) is 1. The molecule has 0 atom stereocenters. The van der Waals surface area contributed by atoms with E-state index in [9.17, 15) is 0 Å². The van der Waals surface area contributed by atoms with Crippen molar-refractivity contribution in [2.45, 2.75) is 6.92 Å². The largest absolute Gasteiger partial charge is 0.454 e. The minimum atomic E-state index is 0.278. The topological polar surface area (TPSA) is 73.2 Å². The van der Waals surface area contributed by atoms with E-state index < -0.39 is 0 Å². The number of rotatable bonds is 1. The van der Waals surface area contributed by atoms with Gasteiger partial charge in [-0.3, -0.25) is 0 Å². The molecule has 16 heavy (non-hydrogen) atoms. The van der Waals surface area contributed by atoms with Crippen molar-refractivity contribution >= 4 is 5.95 Å². The summed E-state index contributed by atoms with van der Waals surface area (Å²) in [5, 5.41) is 0. The van der Waals surface area contributed by atoms with Crippen LogP contribution in [0.1, 0.15) is 5.69 Å². The molecule has 3 N–H and O–H groups in total. The fraction of sp³-hybridized carbons (Fsp3) is 0.182. The Morgan fingerprint density at radius 3 is 2.88 bits per heavy atom. The van der Waals surface area contributed by atoms with Crippen LogP contribution in [0, 0.1) is 6.92 Å². The van der Waals surface area contributed by atoms with Crippen LogP contribution in [0.15, 0.2) is 18.2 Å². The van der Waals surface area contributed by atoms with Crippen LogP contribution in [0.25, 0.3) is 11.3 Å². The normalized spacial score (nSPS) is 13.1. The van der Waals surface area contributed by atoms with Crippen LogP contribution in [-0.4, -0.2) is 16.8 Å². The van der Waals surface area contributed by atoms with Crippen molar-refractivity contribution in [2.75, 3.05) is 12.5 Å². The molecule has 0 spiro atoms. The second-order valence-corrected chi connectivity index (χ2v) is 3.66. The highest BCUT2D eigenvalue weighted by Gasteiger charge is 2.15. The third kappa shape index (κ3) is 1.29. The lowest BCUT2D eigenvalue weighted by Gasteiger charge is -2.00. The zero-order valence-corrected chi connectivity index (χ0v) is 8.78. The Labute approximate surface area is 92.2 Å². The van der Waals surface area contributed by atoms with Crippen LogP contribution in [0.2, 0.25) is 0 Å². The lowest BCUT2D eigenvalue weighted by atomic mass is 10.1. The van der Waals surface area contributed by atoms with E-state index in [1.165, 1.54) is 0 Å². The summed E-state index contributed by atoms with van der Waals surface area (Å²) in [7, 11) is 0. The lowest BCUT2D eigenvalue weighted by Crippen LogP contribution is -1.92. The summed E-state index contributed by atoms with van der Waals surface area (Å²) >= 11 is 0. The van der Waals surface area contributed by atoms with Gasteiger partial charge in [-0.05, 0) is 25.1 Å². The van der Waals surface area contributed by atoms with Crippen molar-refractivity contribution in [3.63, 3.8) is 0 Å². The molecular formula is C11H11N3O2. The Hall–Kier alpha value is -2.17. The number of nitrogen functional groups attached to an aromatic ring is 1. The number of hydrogen-bond acceptors (Lipinski definition) is 4. The first-order valence-electron chi connectivity index (χ1n) is 4.96. The number of nitrogens with one attached hydrogen (secondary N) is 1. The molecule has 5 heteroatoms. The predicted octanol–water partition coefficient (Wildman–Crippen LogP) is 1.70. The SMILES string of the molecule is Cc1[nH]c(N)nc1-c1ccc2c(c1)OCO2. The van der Waals surface area contributed by atoms with Crippen molar-refractivity contribution < 1.29 is 9.47 Å². The number of H-pyrrole nitrogens is 1. The van der Waals surface area contributed by atoms with Crippen LogP contribution < -0.4 is 15.2 Å². The van der Waals surface area contributed by atoms with Gasteiger partial charge in [-0.1, -0.05) is 0 Å². The standard InChI is InChI=1S/C11H11N3O2/c1-6-10(14-11(12)13-6)7-2-3-8-9(4-7)16-5-15-8/h2-4H,5H2,1H3,(H3,12,13,14). The lowest BCUT2D eigenvalue weighted by molar-refractivity contribution is 0.174. The maximum atomic E-state index is 5.61. The zero-order chi connectivity index (χ0) is 11.1. The van der Waals surface area contributed by atoms with Gasteiger partial charge in [0.1, 0.15) is 0 Å². The number of nitrogens with two attached hydrogens (primary N) is 1. The Morgan fingerprint density at radius 1 is 1.31 bits per heavy atom. The van der Waals surface area contributed by atoms with E-state index in [2.05, 4.69) is 9.97 Å². The molecule has 0 aliphatic carbocycles. The average molecular weight is 217 g/mol. The van der Waals surface area contributed by atoms with Gasteiger partial charge in [-0.15, -0.1) is 0 Å². The quantitative estimate of drug-likeness (QED) is 0.762. The molecule has 3 rings (SSSR count). The molecule has 1 aliphatic heterocycles. The van der Waals surface area contributed by atoms with Gasteiger partial charge in [-0.2, -0.15) is 0 Å². The minimum absolute atomic E-state index is 0.278. The molecule has 0 radical (unpaired) electrons. The maximum Gasteiger partial charge on any atom is 0.231 e. The van der Waals surface area contributed by atoms with Crippen molar-refractivity contribution in [2.24, 2.45) is 0 Å². The fourth-order valence-electron chi connectivity index (χ4n) is 1.81. The Bertz CT molecular complexity index is 548. The highest BCUT2D eigenvalue weighted by Crippen LogP contribution is 2.36. The third-order valence-electron chi connectivity index (χ3n) is 2.55. The van der Waals surface area contributed by atoms with Crippen molar-refractivity contribution in [1.29, 1.82) is 0 Å². The van der Waals surface area contributed by atoms with E-state index in [1.807, 2.05) is 25.1 Å². The number of hydrogen-bond donors (Lipinski definition) is 2. The predicted molar refractivity (Wildman–Crippen MR) is 59.3 cm³/mol. The molecule has 2 heterocycles. The van der Waals surface area contributed by atoms with E-state index in [1.54, 1.807) is 0 Å². The zero-order valence-electron chi connectivity index (χ0n) is 8.78. The first-order chi connectivity index (χ1) is 7.74. The molecule has 82 valence electrons. The number of aryl methyl sites for hydroxylation is 1. The molecule has 2 aromatic rings. The van der Waals surface area contributed by atoms with Crippen LogP contribution in [0.5, 0.6) is 11.5 Å². The van der Waals surface area contributed by atoms with Crippen LogP contribution in [-0.2, 0) is 0 Å². The summed E-state index contributed by atoms with van der Waals surface area (Å²) < 4.78 is 10.6. The van der Waals surface area contributed by atoms with E-state index in [-0.39, 0.29) is 6.79 Å².